The average molecular weight is 316 g/mol. The summed E-state index contributed by atoms with van der Waals surface area (Å²) in [4.78, 5) is 26.2. The Morgan fingerprint density at radius 2 is 2.17 bits per heavy atom. The molecule has 1 aliphatic heterocycles. The second-order valence-electron chi connectivity index (χ2n) is 6.23. The van der Waals surface area contributed by atoms with Gasteiger partial charge >= 0.3 is 0 Å². The van der Waals surface area contributed by atoms with Crippen LogP contribution in [-0.2, 0) is 4.79 Å². The van der Waals surface area contributed by atoms with Gasteiger partial charge in [0.1, 0.15) is 0 Å². The summed E-state index contributed by atoms with van der Waals surface area (Å²) in [5.74, 6) is -0.0948. The Morgan fingerprint density at radius 1 is 1.39 bits per heavy atom. The van der Waals surface area contributed by atoms with Gasteiger partial charge in [0.15, 0.2) is 0 Å². The number of hydrogen-bond donors (Lipinski definition) is 2. The van der Waals surface area contributed by atoms with Gasteiger partial charge in [0.2, 0.25) is 5.91 Å². The molecule has 1 aromatic carbocycles. The Balaban J connectivity index is 2.08. The van der Waals surface area contributed by atoms with Crippen LogP contribution in [0.15, 0.2) is 35.9 Å². The molecule has 2 rings (SSSR count). The number of piperidine rings is 1. The van der Waals surface area contributed by atoms with E-state index >= 15 is 0 Å². The third-order valence-corrected chi connectivity index (χ3v) is 3.86. The van der Waals surface area contributed by atoms with E-state index in [9.17, 15) is 14.7 Å². The molecule has 124 valence electrons. The van der Waals surface area contributed by atoms with Gasteiger partial charge in [-0.15, -0.1) is 0 Å². The van der Waals surface area contributed by atoms with Crippen molar-refractivity contribution >= 4 is 17.5 Å². The van der Waals surface area contributed by atoms with Crippen LogP contribution in [0.1, 0.15) is 37.0 Å². The number of nitrogens with one attached hydrogen (secondary N) is 1. The van der Waals surface area contributed by atoms with Gasteiger partial charge in [0.25, 0.3) is 5.91 Å². The van der Waals surface area contributed by atoms with E-state index in [1.165, 1.54) is 6.08 Å². The average Bonchev–Trinajstić information content (AvgIpc) is 2.53. The zero-order valence-electron chi connectivity index (χ0n) is 13.7. The molecular formula is C18H24N2O3. The minimum absolute atomic E-state index is 0.0542. The molecule has 23 heavy (non-hydrogen) atoms. The van der Waals surface area contributed by atoms with Crippen LogP contribution in [-0.4, -0.2) is 41.5 Å². The van der Waals surface area contributed by atoms with Gasteiger partial charge in [-0.25, -0.2) is 0 Å². The SMILES string of the molecule is CC(C)=CC(=O)Nc1cccc(C(=O)N2CCCC(CO)C2)c1. The molecule has 0 spiro atoms. The summed E-state index contributed by atoms with van der Waals surface area (Å²) in [7, 11) is 0. The van der Waals surface area contributed by atoms with Gasteiger partial charge in [-0.1, -0.05) is 11.6 Å². The standard InChI is InChI=1S/C18H24N2O3/c1-13(2)9-17(22)19-16-7-3-6-15(10-16)18(23)20-8-4-5-14(11-20)12-21/h3,6-7,9-10,14,21H,4-5,8,11-12H2,1-2H3,(H,19,22). The molecule has 1 aliphatic rings. The molecule has 2 amide bonds. The Hall–Kier alpha value is -2.14. The second-order valence-corrected chi connectivity index (χ2v) is 6.23. The lowest BCUT2D eigenvalue weighted by Gasteiger charge is -2.32. The van der Waals surface area contributed by atoms with Gasteiger partial charge in [-0.3, -0.25) is 9.59 Å². The molecule has 1 saturated heterocycles. The molecule has 1 unspecified atom stereocenters. The number of aliphatic hydroxyl groups excluding tert-OH is 1. The highest BCUT2D eigenvalue weighted by Gasteiger charge is 2.24. The number of allylic oxidation sites excluding steroid dienone is 1. The number of aliphatic hydroxyl groups is 1. The molecule has 0 bridgehead atoms. The van der Waals surface area contributed by atoms with Crippen molar-refractivity contribution in [3.8, 4) is 0 Å². The van der Waals surface area contributed by atoms with Crippen molar-refractivity contribution in [1.29, 1.82) is 0 Å². The molecule has 1 atom stereocenters. The van der Waals surface area contributed by atoms with Crippen molar-refractivity contribution in [1.82, 2.24) is 4.90 Å². The molecule has 1 aromatic rings. The molecule has 0 aliphatic carbocycles. The van der Waals surface area contributed by atoms with Crippen LogP contribution >= 0.6 is 0 Å². The molecule has 2 N–H and O–H groups in total. The van der Waals surface area contributed by atoms with Crippen LogP contribution in [0.4, 0.5) is 5.69 Å². The minimum Gasteiger partial charge on any atom is -0.396 e. The highest BCUT2D eigenvalue weighted by molar-refractivity contribution is 6.01. The fourth-order valence-electron chi connectivity index (χ4n) is 2.75. The Bertz CT molecular complexity index is 606. The number of hydrogen-bond acceptors (Lipinski definition) is 3. The lowest BCUT2D eigenvalue weighted by molar-refractivity contribution is -0.111. The zero-order chi connectivity index (χ0) is 16.8. The maximum atomic E-state index is 12.6. The van der Waals surface area contributed by atoms with Crippen LogP contribution < -0.4 is 5.32 Å². The van der Waals surface area contributed by atoms with Crippen LogP contribution in [0.3, 0.4) is 0 Å². The monoisotopic (exact) mass is 316 g/mol. The van der Waals surface area contributed by atoms with Crippen molar-refractivity contribution in [3.05, 3.63) is 41.5 Å². The number of rotatable bonds is 4. The molecule has 0 aromatic heterocycles. The van der Waals surface area contributed by atoms with E-state index < -0.39 is 0 Å². The first-order valence-corrected chi connectivity index (χ1v) is 7.95. The fraction of sp³-hybridized carbons (Fsp3) is 0.444. The van der Waals surface area contributed by atoms with E-state index in [-0.39, 0.29) is 24.3 Å². The van der Waals surface area contributed by atoms with Crippen molar-refractivity contribution in [2.75, 3.05) is 25.0 Å². The lowest BCUT2D eigenvalue weighted by atomic mass is 9.98. The summed E-state index contributed by atoms with van der Waals surface area (Å²) in [6.45, 7) is 5.12. The van der Waals surface area contributed by atoms with Crippen LogP contribution in [0.5, 0.6) is 0 Å². The number of likely N-dealkylation sites (tertiary alicyclic amines) is 1. The van der Waals surface area contributed by atoms with Crippen LogP contribution in [0.2, 0.25) is 0 Å². The molecule has 5 nitrogen and oxygen atoms in total. The number of carbonyl (C=O) groups excluding carboxylic acids is 2. The molecule has 1 fully saturated rings. The summed E-state index contributed by atoms with van der Waals surface area (Å²) >= 11 is 0. The molecule has 5 heteroatoms. The van der Waals surface area contributed by atoms with E-state index in [2.05, 4.69) is 5.32 Å². The van der Waals surface area contributed by atoms with Crippen molar-refractivity contribution < 1.29 is 14.7 Å². The first-order chi connectivity index (χ1) is 11.0. The van der Waals surface area contributed by atoms with Gasteiger partial charge in [0.05, 0.1) is 0 Å². The topological polar surface area (TPSA) is 69.6 Å². The van der Waals surface area contributed by atoms with E-state index in [1.54, 1.807) is 29.2 Å². The molecular weight excluding hydrogens is 292 g/mol. The largest absolute Gasteiger partial charge is 0.396 e. The minimum atomic E-state index is -0.201. The third kappa shape index (κ3) is 4.93. The predicted molar refractivity (Wildman–Crippen MR) is 90.2 cm³/mol. The summed E-state index contributed by atoms with van der Waals surface area (Å²) in [5.41, 5.74) is 2.07. The molecule has 1 heterocycles. The van der Waals surface area contributed by atoms with Crippen molar-refractivity contribution in [3.63, 3.8) is 0 Å². The summed E-state index contributed by atoms with van der Waals surface area (Å²) < 4.78 is 0. The smallest absolute Gasteiger partial charge is 0.253 e. The molecule has 0 radical (unpaired) electrons. The number of anilines is 1. The van der Waals surface area contributed by atoms with E-state index in [0.29, 0.717) is 24.3 Å². The zero-order valence-corrected chi connectivity index (χ0v) is 13.7. The second kappa shape index (κ2) is 7.92. The van der Waals surface area contributed by atoms with Crippen LogP contribution in [0.25, 0.3) is 0 Å². The predicted octanol–water partition coefficient (Wildman–Crippen LogP) is 2.44. The number of amides is 2. The Morgan fingerprint density at radius 3 is 2.87 bits per heavy atom. The van der Waals surface area contributed by atoms with E-state index in [1.807, 2.05) is 13.8 Å². The highest BCUT2D eigenvalue weighted by atomic mass is 16.3. The lowest BCUT2D eigenvalue weighted by Crippen LogP contribution is -2.40. The van der Waals surface area contributed by atoms with Gasteiger partial charge < -0.3 is 15.3 Å². The van der Waals surface area contributed by atoms with Gasteiger partial charge in [-0.2, -0.15) is 0 Å². The Labute approximate surface area is 137 Å². The first-order valence-electron chi connectivity index (χ1n) is 7.95. The molecule has 0 saturated carbocycles. The van der Waals surface area contributed by atoms with E-state index in [0.717, 1.165) is 18.4 Å². The number of carbonyl (C=O) groups is 2. The highest BCUT2D eigenvalue weighted by Crippen LogP contribution is 2.19. The third-order valence-electron chi connectivity index (χ3n) is 3.86. The maximum absolute atomic E-state index is 12.6. The van der Waals surface area contributed by atoms with Crippen molar-refractivity contribution in [2.45, 2.75) is 26.7 Å². The summed E-state index contributed by atoms with van der Waals surface area (Å²) in [6.07, 6.45) is 3.39. The maximum Gasteiger partial charge on any atom is 0.253 e. The first kappa shape index (κ1) is 17.2. The number of benzene rings is 1. The van der Waals surface area contributed by atoms with Gasteiger partial charge in [0, 0.05) is 37.0 Å². The number of nitrogens with zero attached hydrogens (tertiary/aromatic N) is 1. The van der Waals surface area contributed by atoms with Crippen molar-refractivity contribution in [2.24, 2.45) is 5.92 Å². The van der Waals surface area contributed by atoms with E-state index in [4.69, 9.17) is 0 Å². The normalized spacial score (nSPS) is 17.5. The fourth-order valence-corrected chi connectivity index (χ4v) is 2.75. The van der Waals surface area contributed by atoms with Gasteiger partial charge in [-0.05, 0) is 50.8 Å². The quantitative estimate of drug-likeness (QED) is 0.838. The summed E-state index contributed by atoms with van der Waals surface area (Å²) in [5, 5.41) is 12.1. The van der Waals surface area contributed by atoms with Crippen LogP contribution in [0, 0.1) is 5.92 Å². The Kier molecular flexibility index (Phi) is 5.93. The summed E-state index contributed by atoms with van der Waals surface area (Å²) in [6, 6.07) is 6.97.